The monoisotopic (exact) mass is 229 g/mol. The van der Waals surface area contributed by atoms with Crippen LogP contribution in [-0.2, 0) is 0 Å². The highest BCUT2D eigenvalue weighted by Crippen LogP contribution is 2.53. The van der Waals surface area contributed by atoms with Crippen LogP contribution in [-0.4, -0.2) is 0 Å². The van der Waals surface area contributed by atoms with Crippen molar-refractivity contribution in [2.75, 3.05) is 0 Å². The molecule has 1 aliphatic rings. The normalized spacial score (nSPS) is 20.6. The van der Waals surface area contributed by atoms with E-state index in [1.807, 2.05) is 18.2 Å². The lowest BCUT2D eigenvalue weighted by Gasteiger charge is -2.19. The van der Waals surface area contributed by atoms with Crippen LogP contribution in [0.1, 0.15) is 31.4 Å². The molecular weight excluding hydrogens is 217 g/mol. The van der Waals surface area contributed by atoms with E-state index in [0.717, 1.165) is 5.56 Å². The van der Waals surface area contributed by atoms with Crippen molar-refractivity contribution in [1.82, 2.24) is 0 Å². The molecule has 2 N–H and O–H groups in total. The molecule has 0 heterocycles. The van der Waals surface area contributed by atoms with E-state index in [1.54, 1.807) is 0 Å². The number of hydrogen-bond donors (Lipinski definition) is 1. The molecule has 0 spiro atoms. The molecule has 1 aromatic rings. The second-order valence-corrected chi connectivity index (χ2v) is 5.12. The highest BCUT2D eigenvalue weighted by Gasteiger charge is 2.43. The highest BCUT2D eigenvalue weighted by atomic mass is 35.5. The molecule has 1 aliphatic carbocycles. The molecule has 0 amide bonds. The van der Waals surface area contributed by atoms with Crippen molar-refractivity contribution in [3.63, 3.8) is 0 Å². The maximum atomic E-state index is 6.15. The van der Waals surface area contributed by atoms with Gasteiger partial charge in [-0.2, -0.15) is 0 Å². The van der Waals surface area contributed by atoms with E-state index in [0.29, 0.717) is 10.0 Å². The topological polar surface area (TPSA) is 26.0 Å². The van der Waals surface area contributed by atoms with E-state index < -0.39 is 0 Å². The first-order valence-corrected chi connectivity index (χ1v) is 5.49. The summed E-state index contributed by atoms with van der Waals surface area (Å²) in [6, 6.07) is 5.73. The predicted molar refractivity (Wildman–Crippen MR) is 60.7 cm³/mol. The smallest absolute Gasteiger partial charge is 0.0595 e. The molecule has 1 nitrogen and oxygen atoms in total. The van der Waals surface area contributed by atoms with Crippen LogP contribution in [0.3, 0.4) is 0 Å². The van der Waals surface area contributed by atoms with Crippen molar-refractivity contribution in [1.29, 1.82) is 0 Å². The summed E-state index contributed by atoms with van der Waals surface area (Å²) in [4.78, 5) is 0. The van der Waals surface area contributed by atoms with E-state index in [2.05, 4.69) is 6.92 Å². The number of nitrogens with two attached hydrogens (primary N) is 1. The number of rotatable bonds is 2. The summed E-state index contributed by atoms with van der Waals surface area (Å²) in [5.74, 6) is 0. The Morgan fingerprint density at radius 2 is 1.93 bits per heavy atom. The fourth-order valence-corrected chi connectivity index (χ4v) is 1.92. The van der Waals surface area contributed by atoms with Gasteiger partial charge in [-0.3, -0.25) is 0 Å². The second-order valence-electron chi connectivity index (χ2n) is 4.31. The summed E-state index contributed by atoms with van der Waals surface area (Å²) in [5, 5.41) is 1.17. The molecule has 76 valence electrons. The minimum absolute atomic E-state index is 0.0808. The zero-order valence-corrected chi connectivity index (χ0v) is 9.57. The third-order valence-electron chi connectivity index (χ3n) is 3.09. The Kier molecular flexibility index (Phi) is 2.50. The first-order chi connectivity index (χ1) is 6.53. The van der Waals surface area contributed by atoms with Gasteiger partial charge >= 0.3 is 0 Å². The molecule has 0 saturated heterocycles. The van der Waals surface area contributed by atoms with Crippen LogP contribution in [0.2, 0.25) is 10.0 Å². The van der Waals surface area contributed by atoms with Crippen molar-refractivity contribution in [2.45, 2.75) is 25.8 Å². The number of benzene rings is 1. The first-order valence-electron chi connectivity index (χ1n) is 4.73. The average molecular weight is 230 g/mol. The number of hydrogen-bond acceptors (Lipinski definition) is 1. The van der Waals surface area contributed by atoms with Gasteiger partial charge in [-0.15, -0.1) is 0 Å². The quantitative estimate of drug-likeness (QED) is 0.821. The van der Waals surface area contributed by atoms with Crippen molar-refractivity contribution < 1.29 is 0 Å². The van der Waals surface area contributed by atoms with Crippen LogP contribution in [0.4, 0.5) is 0 Å². The van der Waals surface area contributed by atoms with E-state index in [-0.39, 0.29) is 11.5 Å². The Labute approximate surface area is 94.2 Å². The van der Waals surface area contributed by atoms with Gasteiger partial charge in [0.05, 0.1) is 10.0 Å². The summed E-state index contributed by atoms with van der Waals surface area (Å²) in [6.45, 7) is 2.21. The van der Waals surface area contributed by atoms with Gasteiger partial charge in [0, 0.05) is 6.04 Å². The maximum absolute atomic E-state index is 6.15. The molecule has 0 aliphatic heterocycles. The van der Waals surface area contributed by atoms with Crippen LogP contribution >= 0.6 is 23.2 Å². The Morgan fingerprint density at radius 1 is 1.29 bits per heavy atom. The summed E-state index contributed by atoms with van der Waals surface area (Å²) in [6.07, 6.45) is 2.41. The molecule has 1 atom stereocenters. The predicted octanol–water partition coefficient (Wildman–Crippen LogP) is 3.79. The van der Waals surface area contributed by atoms with Gasteiger partial charge in [-0.05, 0) is 36.0 Å². The molecular formula is C11H13Cl2N. The molecule has 0 aromatic heterocycles. The van der Waals surface area contributed by atoms with Crippen molar-refractivity contribution in [3.8, 4) is 0 Å². The van der Waals surface area contributed by atoms with E-state index >= 15 is 0 Å². The maximum Gasteiger partial charge on any atom is 0.0595 e. The lowest BCUT2D eigenvalue weighted by atomic mass is 9.93. The number of halogens is 2. The van der Waals surface area contributed by atoms with Gasteiger partial charge in [-0.1, -0.05) is 36.2 Å². The fourth-order valence-electron chi connectivity index (χ4n) is 1.62. The Balaban J connectivity index is 2.28. The largest absolute Gasteiger partial charge is 0.323 e. The van der Waals surface area contributed by atoms with Gasteiger partial charge < -0.3 is 5.73 Å². The lowest BCUT2D eigenvalue weighted by Crippen LogP contribution is -2.19. The van der Waals surface area contributed by atoms with Crippen LogP contribution in [0.25, 0.3) is 0 Å². The first kappa shape index (κ1) is 10.3. The van der Waals surface area contributed by atoms with Crippen molar-refractivity contribution in [2.24, 2.45) is 11.1 Å². The SMILES string of the molecule is CC1(C(N)c2ccc(Cl)c(Cl)c2)CC1. The third-order valence-corrected chi connectivity index (χ3v) is 3.83. The summed E-state index contributed by atoms with van der Waals surface area (Å²) in [5.41, 5.74) is 7.51. The fraction of sp³-hybridized carbons (Fsp3) is 0.455. The van der Waals surface area contributed by atoms with Crippen LogP contribution in [0.5, 0.6) is 0 Å². The molecule has 1 fully saturated rings. The van der Waals surface area contributed by atoms with Crippen LogP contribution in [0, 0.1) is 5.41 Å². The van der Waals surface area contributed by atoms with Gasteiger partial charge in [0.2, 0.25) is 0 Å². The third kappa shape index (κ3) is 1.77. The van der Waals surface area contributed by atoms with E-state index in [1.165, 1.54) is 12.8 Å². The Hall–Kier alpha value is -0.240. The van der Waals surface area contributed by atoms with Crippen LogP contribution < -0.4 is 5.73 Å². The van der Waals surface area contributed by atoms with Gasteiger partial charge in [0.25, 0.3) is 0 Å². The molecule has 0 radical (unpaired) electrons. The van der Waals surface area contributed by atoms with Gasteiger partial charge in [0.15, 0.2) is 0 Å². The zero-order valence-electron chi connectivity index (χ0n) is 8.06. The molecule has 1 aromatic carbocycles. The molecule has 1 saturated carbocycles. The minimum Gasteiger partial charge on any atom is -0.323 e. The van der Waals surface area contributed by atoms with E-state index in [4.69, 9.17) is 28.9 Å². The van der Waals surface area contributed by atoms with Crippen molar-refractivity contribution in [3.05, 3.63) is 33.8 Å². The summed E-state index contributed by atoms with van der Waals surface area (Å²) >= 11 is 11.8. The average Bonchev–Trinajstić information content (AvgIpc) is 2.89. The summed E-state index contributed by atoms with van der Waals surface area (Å²) in [7, 11) is 0. The van der Waals surface area contributed by atoms with Gasteiger partial charge in [-0.25, -0.2) is 0 Å². The zero-order chi connectivity index (χ0) is 10.3. The molecule has 3 heteroatoms. The van der Waals surface area contributed by atoms with Crippen LogP contribution in [0.15, 0.2) is 18.2 Å². The second kappa shape index (κ2) is 3.41. The standard InChI is InChI=1S/C11H13Cl2N/c1-11(4-5-11)10(14)7-2-3-8(12)9(13)6-7/h2-3,6,10H,4-5,14H2,1H3. The highest BCUT2D eigenvalue weighted by molar-refractivity contribution is 6.42. The summed E-state index contributed by atoms with van der Waals surface area (Å²) < 4.78 is 0. The van der Waals surface area contributed by atoms with Gasteiger partial charge in [0.1, 0.15) is 0 Å². The Bertz CT molecular complexity index is 358. The lowest BCUT2D eigenvalue weighted by molar-refractivity contribution is 0.451. The Morgan fingerprint density at radius 3 is 2.43 bits per heavy atom. The molecule has 0 bridgehead atoms. The van der Waals surface area contributed by atoms with Crippen molar-refractivity contribution >= 4 is 23.2 Å². The molecule has 14 heavy (non-hydrogen) atoms. The molecule has 2 rings (SSSR count). The van der Waals surface area contributed by atoms with E-state index in [9.17, 15) is 0 Å². The molecule has 1 unspecified atom stereocenters. The minimum atomic E-state index is 0.0808.